The molecular weight excluding hydrogens is 313 g/mol. The molecule has 120 valence electrons. The third-order valence-corrected chi connectivity index (χ3v) is 2.60. The van der Waals surface area contributed by atoms with Crippen LogP contribution in [0.25, 0.3) is 0 Å². The van der Waals surface area contributed by atoms with Gasteiger partial charge in [-0.05, 0) is 48.5 Å². The Labute approximate surface area is 129 Å². The van der Waals surface area contributed by atoms with Gasteiger partial charge in [-0.3, -0.25) is 0 Å². The van der Waals surface area contributed by atoms with E-state index < -0.39 is 18.8 Å². The molecule has 0 heterocycles. The molecule has 0 fully saturated rings. The molecule has 2 aromatic carbocycles. The molecule has 0 amide bonds. The highest BCUT2D eigenvalue weighted by molar-refractivity contribution is 5.89. The number of hydrogen-bond donors (Lipinski definition) is 1. The Morgan fingerprint density at radius 2 is 1.43 bits per heavy atom. The Morgan fingerprint density at radius 3 is 1.91 bits per heavy atom. The van der Waals surface area contributed by atoms with E-state index in [1.807, 2.05) is 0 Å². The zero-order chi connectivity index (χ0) is 16.9. The van der Waals surface area contributed by atoms with Crippen molar-refractivity contribution in [3.05, 3.63) is 54.1 Å². The van der Waals surface area contributed by atoms with Crippen LogP contribution >= 0.6 is 0 Å². The fourth-order valence-electron chi connectivity index (χ4n) is 1.53. The first-order valence-corrected chi connectivity index (χ1v) is 6.38. The van der Waals surface area contributed by atoms with Gasteiger partial charge < -0.3 is 9.84 Å². The Bertz CT molecular complexity index is 695. The predicted molar refractivity (Wildman–Crippen MR) is 75.1 cm³/mol. The minimum Gasteiger partial charge on any atom is -0.508 e. The van der Waals surface area contributed by atoms with Crippen molar-refractivity contribution in [3.8, 4) is 5.75 Å². The predicted octanol–water partition coefficient (Wildman–Crippen LogP) is 4.53. The van der Waals surface area contributed by atoms with Gasteiger partial charge >= 0.3 is 12.1 Å². The summed E-state index contributed by atoms with van der Waals surface area (Å²) in [6, 6.07) is 11.5. The summed E-state index contributed by atoms with van der Waals surface area (Å²) in [6.07, 6.45) is -4.56. The first-order chi connectivity index (χ1) is 10.8. The number of benzene rings is 2. The highest BCUT2D eigenvalue weighted by Crippen LogP contribution is 2.21. The molecule has 0 saturated heterocycles. The zero-order valence-electron chi connectivity index (χ0n) is 11.6. The summed E-state index contributed by atoms with van der Waals surface area (Å²) in [5.74, 6) is -0.963. The maximum absolute atomic E-state index is 12.0. The van der Waals surface area contributed by atoms with E-state index in [9.17, 15) is 18.0 Å². The normalized spacial score (nSPS) is 11.6. The second-order valence-corrected chi connectivity index (χ2v) is 4.45. The largest absolute Gasteiger partial charge is 0.508 e. The van der Waals surface area contributed by atoms with Crippen LogP contribution in [0, 0.1) is 0 Å². The number of nitrogens with zero attached hydrogens (tertiary/aromatic N) is 2. The molecule has 0 spiro atoms. The van der Waals surface area contributed by atoms with E-state index in [2.05, 4.69) is 15.0 Å². The summed E-state index contributed by atoms with van der Waals surface area (Å²) in [5.41, 5.74) is 0.903. The van der Waals surface area contributed by atoms with Gasteiger partial charge in [-0.25, -0.2) is 4.79 Å². The summed E-state index contributed by atoms with van der Waals surface area (Å²) in [5, 5.41) is 16.9. The van der Waals surface area contributed by atoms with Crippen molar-refractivity contribution in [2.24, 2.45) is 10.2 Å². The third-order valence-electron chi connectivity index (χ3n) is 2.60. The minimum atomic E-state index is -4.56. The van der Waals surface area contributed by atoms with Crippen molar-refractivity contribution < 1.29 is 27.8 Å². The molecule has 0 unspecified atom stereocenters. The second kappa shape index (κ2) is 6.91. The van der Waals surface area contributed by atoms with E-state index in [1.54, 1.807) is 12.1 Å². The Kier molecular flexibility index (Phi) is 4.95. The van der Waals surface area contributed by atoms with Crippen molar-refractivity contribution in [1.82, 2.24) is 0 Å². The van der Waals surface area contributed by atoms with Gasteiger partial charge in [0.25, 0.3) is 0 Å². The summed E-state index contributed by atoms with van der Waals surface area (Å²) >= 11 is 0. The average molecular weight is 324 g/mol. The molecule has 8 heteroatoms. The fraction of sp³-hybridized carbons (Fsp3) is 0.133. The third kappa shape index (κ3) is 5.42. The lowest BCUT2D eigenvalue weighted by molar-refractivity contribution is -0.161. The second-order valence-electron chi connectivity index (χ2n) is 4.45. The van der Waals surface area contributed by atoms with E-state index >= 15 is 0 Å². The number of halogens is 3. The molecule has 0 atom stereocenters. The van der Waals surface area contributed by atoms with Crippen LogP contribution < -0.4 is 0 Å². The summed E-state index contributed by atoms with van der Waals surface area (Å²) in [6.45, 7) is -1.63. The van der Waals surface area contributed by atoms with Crippen LogP contribution in [0.3, 0.4) is 0 Å². The quantitative estimate of drug-likeness (QED) is 0.663. The molecule has 0 saturated carbocycles. The van der Waals surface area contributed by atoms with Gasteiger partial charge in [0.2, 0.25) is 0 Å². The maximum atomic E-state index is 12.0. The molecule has 0 aromatic heterocycles. The molecule has 23 heavy (non-hydrogen) atoms. The summed E-state index contributed by atoms with van der Waals surface area (Å²) in [7, 11) is 0. The molecule has 1 N–H and O–H groups in total. The molecule has 0 bridgehead atoms. The van der Waals surface area contributed by atoms with Crippen molar-refractivity contribution in [2.45, 2.75) is 6.18 Å². The molecule has 2 rings (SSSR count). The smallest absolute Gasteiger partial charge is 0.422 e. The molecule has 0 aliphatic rings. The van der Waals surface area contributed by atoms with Crippen LogP contribution in [0.5, 0.6) is 5.75 Å². The molecule has 5 nitrogen and oxygen atoms in total. The van der Waals surface area contributed by atoms with Gasteiger partial charge in [0.05, 0.1) is 16.9 Å². The zero-order valence-corrected chi connectivity index (χ0v) is 11.6. The van der Waals surface area contributed by atoms with E-state index in [4.69, 9.17) is 5.11 Å². The number of hydrogen-bond acceptors (Lipinski definition) is 5. The SMILES string of the molecule is O=C(OCC(F)(F)F)c1ccc(N=Nc2ccc(O)cc2)cc1. The van der Waals surface area contributed by atoms with Crippen LogP contribution in [0.4, 0.5) is 24.5 Å². The van der Waals surface area contributed by atoms with Gasteiger partial charge in [0, 0.05) is 0 Å². The Hall–Kier alpha value is -2.90. The van der Waals surface area contributed by atoms with Crippen LogP contribution in [0.15, 0.2) is 58.8 Å². The highest BCUT2D eigenvalue weighted by Gasteiger charge is 2.29. The van der Waals surface area contributed by atoms with E-state index in [0.29, 0.717) is 11.4 Å². The Morgan fingerprint density at radius 1 is 0.957 bits per heavy atom. The molecule has 2 aromatic rings. The van der Waals surface area contributed by atoms with Crippen LogP contribution in [0.1, 0.15) is 10.4 Å². The average Bonchev–Trinajstić information content (AvgIpc) is 2.52. The van der Waals surface area contributed by atoms with E-state index in [1.165, 1.54) is 36.4 Å². The lowest BCUT2D eigenvalue weighted by atomic mass is 10.2. The van der Waals surface area contributed by atoms with Gasteiger partial charge in [-0.15, -0.1) is 0 Å². The number of aromatic hydroxyl groups is 1. The highest BCUT2D eigenvalue weighted by atomic mass is 19.4. The van der Waals surface area contributed by atoms with Crippen LogP contribution in [-0.2, 0) is 4.74 Å². The number of rotatable bonds is 4. The summed E-state index contributed by atoms with van der Waals surface area (Å²) < 4.78 is 40.0. The van der Waals surface area contributed by atoms with Gasteiger partial charge in [-0.1, -0.05) is 0 Å². The van der Waals surface area contributed by atoms with Crippen LogP contribution in [0.2, 0.25) is 0 Å². The molecule has 0 aliphatic heterocycles. The van der Waals surface area contributed by atoms with Crippen molar-refractivity contribution in [3.63, 3.8) is 0 Å². The number of carbonyl (C=O) groups excluding carboxylic acids is 1. The van der Waals surface area contributed by atoms with E-state index in [-0.39, 0.29) is 11.3 Å². The molecule has 0 radical (unpaired) electrons. The maximum Gasteiger partial charge on any atom is 0.422 e. The first-order valence-electron chi connectivity index (χ1n) is 6.38. The topological polar surface area (TPSA) is 71.2 Å². The standard InChI is InChI=1S/C15H11F3N2O3/c16-15(17,18)9-23-14(22)10-1-3-11(4-2-10)19-20-12-5-7-13(21)8-6-12/h1-8,21H,9H2. The van der Waals surface area contributed by atoms with E-state index in [0.717, 1.165) is 0 Å². The lowest BCUT2D eigenvalue weighted by Crippen LogP contribution is -2.20. The van der Waals surface area contributed by atoms with Gasteiger partial charge in [0.15, 0.2) is 6.61 Å². The summed E-state index contributed by atoms with van der Waals surface area (Å²) in [4.78, 5) is 11.4. The monoisotopic (exact) mass is 324 g/mol. The number of esters is 1. The molecule has 0 aliphatic carbocycles. The minimum absolute atomic E-state index is 0.0159. The van der Waals surface area contributed by atoms with Gasteiger partial charge in [0.1, 0.15) is 5.75 Å². The number of carbonyl (C=O) groups is 1. The first kappa shape index (κ1) is 16.5. The van der Waals surface area contributed by atoms with Crippen LogP contribution in [-0.4, -0.2) is 23.9 Å². The number of azo groups is 1. The van der Waals surface area contributed by atoms with Crippen molar-refractivity contribution in [1.29, 1.82) is 0 Å². The number of ether oxygens (including phenoxy) is 1. The van der Waals surface area contributed by atoms with Crippen molar-refractivity contribution >= 4 is 17.3 Å². The fourth-order valence-corrected chi connectivity index (χ4v) is 1.53. The number of alkyl halides is 3. The number of phenolic OH excluding ortho intramolecular Hbond substituents is 1. The lowest BCUT2D eigenvalue weighted by Gasteiger charge is -2.07. The van der Waals surface area contributed by atoms with Gasteiger partial charge in [-0.2, -0.15) is 23.4 Å². The Balaban J connectivity index is 1.99. The van der Waals surface area contributed by atoms with Crippen molar-refractivity contribution in [2.75, 3.05) is 6.61 Å². The number of phenols is 1. The molecular formula is C15H11F3N2O3.